The van der Waals surface area contributed by atoms with Crippen molar-refractivity contribution >= 4 is 29.0 Å². The lowest BCUT2D eigenvalue weighted by atomic mass is 10.0. The fourth-order valence-electron chi connectivity index (χ4n) is 2.54. The molecular weight excluding hydrogens is 337 g/mol. The highest BCUT2D eigenvalue weighted by Crippen LogP contribution is 2.33. The third-order valence-corrected chi connectivity index (χ3v) is 4.94. The van der Waals surface area contributed by atoms with Crippen LogP contribution >= 0.6 is 11.8 Å². The molecule has 0 N–H and O–H groups in total. The van der Waals surface area contributed by atoms with E-state index in [9.17, 15) is 14.0 Å². The number of thioether (sulfide) groups is 1. The van der Waals surface area contributed by atoms with Gasteiger partial charge in [-0.05, 0) is 52.6 Å². The van der Waals surface area contributed by atoms with Gasteiger partial charge in [-0.3, -0.25) is 14.5 Å². The summed E-state index contributed by atoms with van der Waals surface area (Å²) < 4.78 is 13.0. The van der Waals surface area contributed by atoms with Crippen LogP contribution in [-0.4, -0.2) is 16.0 Å². The average Bonchev–Trinajstić information content (AvgIpc) is 2.85. The predicted octanol–water partition coefficient (Wildman–Crippen LogP) is 5.19. The van der Waals surface area contributed by atoms with Crippen molar-refractivity contribution in [3.63, 3.8) is 0 Å². The Bertz CT molecular complexity index is 826. The van der Waals surface area contributed by atoms with Crippen LogP contribution in [0.15, 0.2) is 53.4 Å². The molecule has 1 fully saturated rings. The minimum atomic E-state index is -0.345. The summed E-state index contributed by atoms with van der Waals surface area (Å²) in [4.78, 5) is 26.3. The van der Waals surface area contributed by atoms with Crippen LogP contribution in [0.2, 0.25) is 0 Å². The fraction of sp³-hybridized carbons (Fsp3) is 0.200. The molecule has 3 nitrogen and oxygen atoms in total. The Kier molecular flexibility index (Phi) is 5.04. The van der Waals surface area contributed by atoms with Crippen molar-refractivity contribution in [3.05, 3.63) is 75.9 Å². The molecule has 0 saturated carbocycles. The Hall–Kier alpha value is -2.40. The Balaban J connectivity index is 1.77. The fourth-order valence-corrected chi connectivity index (χ4v) is 3.38. The van der Waals surface area contributed by atoms with Crippen LogP contribution in [0.1, 0.15) is 36.5 Å². The second-order valence-corrected chi connectivity index (χ2v) is 7.21. The highest BCUT2D eigenvalue weighted by atomic mass is 32.2. The predicted molar refractivity (Wildman–Crippen MR) is 98.4 cm³/mol. The Morgan fingerprint density at radius 3 is 2.28 bits per heavy atom. The molecule has 0 spiro atoms. The summed E-state index contributed by atoms with van der Waals surface area (Å²) in [5.41, 5.74) is 2.82. The zero-order valence-electron chi connectivity index (χ0n) is 14.0. The molecule has 1 heterocycles. The summed E-state index contributed by atoms with van der Waals surface area (Å²) in [6.45, 7) is 4.39. The summed E-state index contributed by atoms with van der Waals surface area (Å²) in [6, 6.07) is 13.7. The lowest BCUT2D eigenvalue weighted by Gasteiger charge is -2.12. The maximum Gasteiger partial charge on any atom is 0.293 e. The van der Waals surface area contributed by atoms with Gasteiger partial charge in [0.2, 0.25) is 0 Å². The van der Waals surface area contributed by atoms with Crippen LogP contribution in [0.5, 0.6) is 0 Å². The summed E-state index contributed by atoms with van der Waals surface area (Å²) >= 11 is 0.934. The summed E-state index contributed by atoms with van der Waals surface area (Å²) in [5.74, 6) is -0.216. The summed E-state index contributed by atoms with van der Waals surface area (Å²) in [7, 11) is 0. The number of imide groups is 1. The highest BCUT2D eigenvalue weighted by molar-refractivity contribution is 8.18. The number of carbonyl (C=O) groups is 2. The third-order valence-electron chi connectivity index (χ3n) is 4.03. The molecule has 5 heteroatoms. The van der Waals surface area contributed by atoms with Crippen molar-refractivity contribution in [3.8, 4) is 0 Å². The molecule has 1 saturated heterocycles. The van der Waals surface area contributed by atoms with Crippen LogP contribution in [-0.2, 0) is 11.3 Å². The quantitative estimate of drug-likeness (QED) is 0.709. The third kappa shape index (κ3) is 3.99. The maximum absolute atomic E-state index is 13.0. The largest absolute Gasteiger partial charge is 0.293 e. The molecule has 0 atom stereocenters. The van der Waals surface area contributed by atoms with Gasteiger partial charge < -0.3 is 0 Å². The van der Waals surface area contributed by atoms with Crippen molar-refractivity contribution in [1.29, 1.82) is 0 Å². The van der Waals surface area contributed by atoms with Crippen LogP contribution < -0.4 is 0 Å². The summed E-state index contributed by atoms with van der Waals surface area (Å²) in [6.07, 6.45) is 1.74. The molecule has 25 heavy (non-hydrogen) atoms. The normalized spacial score (nSPS) is 16.3. The van der Waals surface area contributed by atoms with E-state index >= 15 is 0 Å². The molecule has 0 aromatic heterocycles. The Labute approximate surface area is 150 Å². The first kappa shape index (κ1) is 17.4. The van der Waals surface area contributed by atoms with Gasteiger partial charge in [0.05, 0.1) is 11.4 Å². The first-order valence-electron chi connectivity index (χ1n) is 8.04. The molecule has 0 radical (unpaired) electrons. The van der Waals surface area contributed by atoms with Crippen molar-refractivity contribution in [2.45, 2.75) is 26.3 Å². The minimum absolute atomic E-state index is 0.147. The second-order valence-electron chi connectivity index (χ2n) is 6.22. The van der Waals surface area contributed by atoms with Gasteiger partial charge in [0.15, 0.2) is 0 Å². The molecule has 0 unspecified atom stereocenters. The SMILES string of the molecule is CC(C)c1ccc(/C=C2/SC(=O)N(Cc3ccc(F)cc3)C2=O)cc1. The van der Waals surface area contributed by atoms with E-state index in [2.05, 4.69) is 13.8 Å². The average molecular weight is 355 g/mol. The maximum atomic E-state index is 13.0. The van der Waals surface area contributed by atoms with Gasteiger partial charge in [-0.1, -0.05) is 50.2 Å². The van der Waals surface area contributed by atoms with Crippen molar-refractivity contribution in [2.24, 2.45) is 0 Å². The van der Waals surface area contributed by atoms with E-state index in [1.807, 2.05) is 24.3 Å². The van der Waals surface area contributed by atoms with Gasteiger partial charge in [-0.15, -0.1) is 0 Å². The number of halogens is 1. The van der Waals surface area contributed by atoms with E-state index in [4.69, 9.17) is 0 Å². The van der Waals surface area contributed by atoms with E-state index in [0.29, 0.717) is 16.4 Å². The lowest BCUT2D eigenvalue weighted by molar-refractivity contribution is -0.123. The van der Waals surface area contributed by atoms with Gasteiger partial charge in [-0.25, -0.2) is 4.39 Å². The standard InChI is InChI=1S/C20H18FNO2S/c1-13(2)16-7-3-14(4-8-16)11-18-19(23)22(20(24)25-18)12-15-5-9-17(21)10-6-15/h3-11,13H,12H2,1-2H3/b18-11+. The number of carbonyl (C=O) groups excluding carboxylic acids is 2. The zero-order chi connectivity index (χ0) is 18.0. The molecule has 2 aromatic rings. The van der Waals surface area contributed by atoms with Crippen molar-refractivity contribution in [2.75, 3.05) is 0 Å². The smallest absolute Gasteiger partial charge is 0.268 e. The van der Waals surface area contributed by atoms with Crippen molar-refractivity contribution < 1.29 is 14.0 Å². The number of hydrogen-bond acceptors (Lipinski definition) is 3. The number of rotatable bonds is 4. The number of amides is 2. The molecule has 2 aromatic carbocycles. The van der Waals surface area contributed by atoms with E-state index < -0.39 is 0 Å². The van der Waals surface area contributed by atoms with Crippen LogP contribution in [0.3, 0.4) is 0 Å². The zero-order valence-corrected chi connectivity index (χ0v) is 14.8. The Morgan fingerprint density at radius 2 is 1.68 bits per heavy atom. The van der Waals surface area contributed by atoms with Gasteiger partial charge in [0, 0.05) is 0 Å². The van der Waals surface area contributed by atoms with Crippen molar-refractivity contribution in [1.82, 2.24) is 4.90 Å². The number of nitrogens with zero attached hydrogens (tertiary/aromatic N) is 1. The second kappa shape index (κ2) is 7.23. The van der Waals surface area contributed by atoms with E-state index in [1.165, 1.54) is 22.6 Å². The highest BCUT2D eigenvalue weighted by Gasteiger charge is 2.34. The molecule has 3 rings (SSSR count). The van der Waals surface area contributed by atoms with Crippen LogP contribution in [0, 0.1) is 5.82 Å². The molecule has 1 aliphatic heterocycles. The number of benzene rings is 2. The molecule has 2 amide bonds. The molecule has 128 valence electrons. The van der Waals surface area contributed by atoms with E-state index in [0.717, 1.165) is 17.3 Å². The van der Waals surface area contributed by atoms with Gasteiger partial charge >= 0.3 is 0 Å². The monoisotopic (exact) mass is 355 g/mol. The van der Waals surface area contributed by atoms with Crippen LogP contribution in [0.25, 0.3) is 6.08 Å². The molecule has 1 aliphatic rings. The van der Waals surface area contributed by atoms with Crippen LogP contribution in [0.4, 0.5) is 9.18 Å². The first-order valence-corrected chi connectivity index (χ1v) is 8.85. The molecule has 0 bridgehead atoms. The minimum Gasteiger partial charge on any atom is -0.268 e. The Morgan fingerprint density at radius 1 is 1.04 bits per heavy atom. The topological polar surface area (TPSA) is 37.4 Å². The van der Waals surface area contributed by atoms with E-state index in [1.54, 1.807) is 18.2 Å². The lowest BCUT2D eigenvalue weighted by Crippen LogP contribution is -2.27. The number of hydrogen-bond donors (Lipinski definition) is 0. The molecule has 0 aliphatic carbocycles. The summed E-state index contributed by atoms with van der Waals surface area (Å²) in [5, 5.41) is -0.306. The van der Waals surface area contributed by atoms with Gasteiger partial charge in [0.25, 0.3) is 11.1 Å². The van der Waals surface area contributed by atoms with E-state index in [-0.39, 0.29) is 23.5 Å². The van der Waals surface area contributed by atoms with Gasteiger partial charge in [0.1, 0.15) is 5.82 Å². The molecular formula is C20H18FNO2S. The first-order chi connectivity index (χ1) is 11.9. The van der Waals surface area contributed by atoms with Gasteiger partial charge in [-0.2, -0.15) is 0 Å².